The van der Waals surface area contributed by atoms with Crippen LogP contribution in [0.25, 0.3) is 16.0 Å². The standard InChI is InChI=1S/C25H22N6O3S/c1-28-22-21(16-3-5-17(6-4-16)34-18-8-10-33-13-18)19(12-26)25(31-23(22)27)35-14-15-7-9-30-20(11-15)24(32)29-2/h3-7,9,11,18H,8,10,13-14H2,2H3,(H2,27,31)(H,29,32). The normalized spacial score (nSPS) is 14.7. The second kappa shape index (κ2) is 10.9. The molecule has 1 saturated heterocycles. The fraction of sp³-hybridized carbons (Fsp3) is 0.240. The Morgan fingerprint density at radius 2 is 2.20 bits per heavy atom. The smallest absolute Gasteiger partial charge is 0.269 e. The summed E-state index contributed by atoms with van der Waals surface area (Å²) in [5, 5.41) is 13.0. The lowest BCUT2D eigenvalue weighted by atomic mass is 10.00. The van der Waals surface area contributed by atoms with Gasteiger partial charge < -0.3 is 20.5 Å². The fourth-order valence-electron chi connectivity index (χ4n) is 3.64. The highest BCUT2D eigenvalue weighted by atomic mass is 32.2. The maximum atomic E-state index is 11.9. The summed E-state index contributed by atoms with van der Waals surface area (Å²) in [6.07, 6.45) is 2.42. The number of hydrogen-bond acceptors (Lipinski definition) is 8. The number of carbonyl (C=O) groups excluding carboxylic acids is 1. The van der Waals surface area contributed by atoms with E-state index in [0.29, 0.717) is 46.6 Å². The summed E-state index contributed by atoms with van der Waals surface area (Å²) in [6.45, 7) is 8.88. The topological polar surface area (TPSA) is 128 Å². The number of thioether (sulfide) groups is 1. The molecule has 2 aromatic heterocycles. The molecule has 0 aliphatic carbocycles. The highest BCUT2D eigenvalue weighted by Gasteiger charge is 2.22. The predicted octanol–water partition coefficient (Wildman–Crippen LogP) is 3.97. The van der Waals surface area contributed by atoms with E-state index in [1.807, 2.05) is 24.3 Å². The van der Waals surface area contributed by atoms with Crippen LogP contribution < -0.4 is 15.8 Å². The van der Waals surface area contributed by atoms with Gasteiger partial charge in [0.2, 0.25) is 5.69 Å². The zero-order valence-corrected chi connectivity index (χ0v) is 19.8. The first kappa shape index (κ1) is 24.0. The van der Waals surface area contributed by atoms with E-state index < -0.39 is 0 Å². The zero-order valence-electron chi connectivity index (χ0n) is 18.9. The number of nitrogens with two attached hydrogens (primary N) is 1. The van der Waals surface area contributed by atoms with Crippen LogP contribution in [-0.2, 0) is 10.5 Å². The number of ether oxygens (including phenoxy) is 2. The quantitative estimate of drug-likeness (QED) is 0.379. The summed E-state index contributed by atoms with van der Waals surface area (Å²) in [5.74, 6) is 0.892. The minimum absolute atomic E-state index is 0.0194. The lowest BCUT2D eigenvalue weighted by molar-refractivity contribution is 0.0958. The summed E-state index contributed by atoms with van der Waals surface area (Å²) >= 11 is 1.30. The van der Waals surface area contributed by atoms with E-state index >= 15 is 0 Å². The van der Waals surface area contributed by atoms with Gasteiger partial charge in [0.05, 0.1) is 25.3 Å². The van der Waals surface area contributed by atoms with E-state index in [9.17, 15) is 10.1 Å². The van der Waals surface area contributed by atoms with Gasteiger partial charge in [-0.3, -0.25) is 9.78 Å². The van der Waals surface area contributed by atoms with Crippen molar-refractivity contribution in [1.82, 2.24) is 15.3 Å². The van der Waals surface area contributed by atoms with Crippen LogP contribution in [0.15, 0.2) is 47.6 Å². The first-order valence-corrected chi connectivity index (χ1v) is 11.8. The number of anilines is 1. The van der Waals surface area contributed by atoms with Gasteiger partial charge in [-0.2, -0.15) is 5.26 Å². The number of nitriles is 1. The molecule has 1 aliphatic rings. The molecule has 9 nitrogen and oxygen atoms in total. The molecule has 0 bridgehead atoms. The molecule has 1 fully saturated rings. The van der Waals surface area contributed by atoms with Crippen LogP contribution >= 0.6 is 11.8 Å². The highest BCUT2D eigenvalue weighted by molar-refractivity contribution is 7.98. The lowest BCUT2D eigenvalue weighted by Gasteiger charge is -2.15. The average Bonchev–Trinajstić information content (AvgIpc) is 3.40. The van der Waals surface area contributed by atoms with Crippen LogP contribution in [0.2, 0.25) is 0 Å². The van der Waals surface area contributed by atoms with Gasteiger partial charge in [-0.25, -0.2) is 9.83 Å². The molecule has 1 atom stereocenters. The maximum absolute atomic E-state index is 11.9. The third-order valence-electron chi connectivity index (χ3n) is 5.38. The Balaban J connectivity index is 1.64. The van der Waals surface area contributed by atoms with Crippen LogP contribution in [0.5, 0.6) is 5.75 Å². The molecule has 0 radical (unpaired) electrons. The second-order valence-corrected chi connectivity index (χ2v) is 8.63. The summed E-state index contributed by atoms with van der Waals surface area (Å²) in [4.78, 5) is 23.9. The Morgan fingerprint density at radius 1 is 1.40 bits per heavy atom. The number of nitrogens with zero attached hydrogens (tertiary/aromatic N) is 4. The Labute approximate surface area is 207 Å². The monoisotopic (exact) mass is 486 g/mol. The Bertz CT molecular complexity index is 1320. The molecule has 0 saturated carbocycles. The van der Waals surface area contributed by atoms with Gasteiger partial charge in [-0.15, -0.1) is 11.8 Å². The van der Waals surface area contributed by atoms with Gasteiger partial charge in [0, 0.05) is 31.0 Å². The van der Waals surface area contributed by atoms with Crippen LogP contribution in [0.1, 0.15) is 28.0 Å². The van der Waals surface area contributed by atoms with E-state index in [2.05, 4.69) is 26.2 Å². The van der Waals surface area contributed by atoms with E-state index in [0.717, 1.165) is 12.0 Å². The Hall–Kier alpha value is -4.12. The molecular weight excluding hydrogens is 464 g/mol. The van der Waals surface area contributed by atoms with Crippen molar-refractivity contribution in [3.05, 3.63) is 70.8 Å². The summed E-state index contributed by atoms with van der Waals surface area (Å²) in [6, 6.07) is 12.9. The largest absolute Gasteiger partial charge is 0.488 e. The molecule has 1 aromatic carbocycles. The van der Waals surface area contributed by atoms with E-state index in [1.54, 1.807) is 25.4 Å². The van der Waals surface area contributed by atoms with Crippen molar-refractivity contribution in [3.8, 4) is 22.9 Å². The molecule has 4 rings (SSSR count). The predicted molar refractivity (Wildman–Crippen MR) is 132 cm³/mol. The minimum Gasteiger partial charge on any atom is -0.488 e. The Morgan fingerprint density at radius 3 is 2.86 bits per heavy atom. The summed E-state index contributed by atoms with van der Waals surface area (Å²) < 4.78 is 11.3. The number of hydrogen-bond donors (Lipinski definition) is 2. The second-order valence-electron chi connectivity index (χ2n) is 7.67. The first-order valence-electron chi connectivity index (χ1n) is 10.8. The van der Waals surface area contributed by atoms with Crippen molar-refractivity contribution in [2.45, 2.75) is 23.3 Å². The van der Waals surface area contributed by atoms with E-state index in [1.165, 1.54) is 11.8 Å². The first-order chi connectivity index (χ1) is 17.0. The number of rotatable bonds is 7. The van der Waals surface area contributed by atoms with Crippen molar-refractivity contribution in [2.24, 2.45) is 0 Å². The number of aromatic nitrogens is 2. The van der Waals surface area contributed by atoms with Crippen molar-refractivity contribution in [1.29, 1.82) is 5.26 Å². The molecule has 3 aromatic rings. The maximum Gasteiger partial charge on any atom is 0.269 e. The van der Waals surface area contributed by atoms with Crippen LogP contribution in [0.3, 0.4) is 0 Å². The fourth-order valence-corrected chi connectivity index (χ4v) is 4.58. The van der Waals surface area contributed by atoms with E-state index in [4.69, 9.17) is 21.8 Å². The molecular formula is C25H22N6O3S. The van der Waals surface area contributed by atoms with Crippen molar-refractivity contribution in [2.75, 3.05) is 26.0 Å². The third-order valence-corrected chi connectivity index (χ3v) is 6.43. The molecule has 0 spiro atoms. The number of carbonyl (C=O) groups is 1. The van der Waals surface area contributed by atoms with Gasteiger partial charge in [0.25, 0.3) is 5.91 Å². The van der Waals surface area contributed by atoms with Gasteiger partial charge in [-0.05, 0) is 35.4 Å². The lowest BCUT2D eigenvalue weighted by Crippen LogP contribution is -2.19. The van der Waals surface area contributed by atoms with Gasteiger partial charge in [0.1, 0.15) is 34.5 Å². The molecule has 1 amide bonds. The van der Waals surface area contributed by atoms with Crippen LogP contribution in [-0.4, -0.2) is 42.2 Å². The molecule has 176 valence electrons. The van der Waals surface area contributed by atoms with Crippen molar-refractivity contribution in [3.63, 3.8) is 0 Å². The van der Waals surface area contributed by atoms with Gasteiger partial charge in [0.15, 0.2) is 0 Å². The zero-order chi connectivity index (χ0) is 24.8. The minimum atomic E-state index is -0.284. The van der Waals surface area contributed by atoms with Crippen molar-refractivity contribution >= 4 is 29.2 Å². The number of pyridine rings is 2. The van der Waals surface area contributed by atoms with Crippen LogP contribution in [0, 0.1) is 17.9 Å². The van der Waals surface area contributed by atoms with Gasteiger partial charge >= 0.3 is 0 Å². The number of nitrogens with one attached hydrogen (secondary N) is 1. The number of amides is 1. The molecule has 35 heavy (non-hydrogen) atoms. The number of benzene rings is 1. The third kappa shape index (κ3) is 5.35. The molecule has 3 heterocycles. The van der Waals surface area contributed by atoms with Crippen molar-refractivity contribution < 1.29 is 14.3 Å². The van der Waals surface area contributed by atoms with E-state index in [-0.39, 0.29) is 29.1 Å². The summed E-state index contributed by atoms with van der Waals surface area (Å²) in [5.41, 5.74) is 8.78. The molecule has 10 heteroatoms. The SMILES string of the molecule is [C-]#[N+]c1c(N)nc(SCc2ccnc(C(=O)NC)c2)c(C#N)c1-c1ccc(OC2CCOC2)cc1. The molecule has 1 unspecified atom stereocenters. The molecule has 3 N–H and O–H groups in total. The highest BCUT2D eigenvalue weighted by Crippen LogP contribution is 2.42. The Kier molecular flexibility index (Phi) is 7.46. The van der Waals surface area contributed by atoms with Crippen LogP contribution in [0.4, 0.5) is 11.5 Å². The van der Waals surface area contributed by atoms with Gasteiger partial charge in [-0.1, -0.05) is 12.1 Å². The summed E-state index contributed by atoms with van der Waals surface area (Å²) in [7, 11) is 1.54. The number of nitrogen functional groups attached to an aromatic ring is 1. The average molecular weight is 487 g/mol. The molecule has 1 aliphatic heterocycles.